The van der Waals surface area contributed by atoms with E-state index in [-0.39, 0.29) is 5.91 Å². The number of thiazole rings is 1. The molecule has 0 saturated carbocycles. The monoisotopic (exact) mass is 281 g/mol. The van der Waals surface area contributed by atoms with Gasteiger partial charge in [-0.05, 0) is 40.2 Å². The molecular formula is C14H23N3OS. The van der Waals surface area contributed by atoms with E-state index >= 15 is 0 Å². The summed E-state index contributed by atoms with van der Waals surface area (Å²) < 4.78 is 0. The predicted molar refractivity (Wildman–Crippen MR) is 78.8 cm³/mol. The molecule has 0 spiro atoms. The Labute approximate surface area is 119 Å². The number of hydrogen-bond acceptors (Lipinski definition) is 4. The maximum Gasteiger partial charge on any atom is 0.263 e. The van der Waals surface area contributed by atoms with E-state index < -0.39 is 0 Å². The summed E-state index contributed by atoms with van der Waals surface area (Å²) >= 11 is 1.47. The van der Waals surface area contributed by atoms with Crippen molar-refractivity contribution in [3.8, 4) is 0 Å². The lowest BCUT2D eigenvalue weighted by molar-refractivity contribution is 0.0941. The van der Waals surface area contributed by atoms with Crippen LogP contribution in [-0.4, -0.2) is 41.5 Å². The molecule has 0 radical (unpaired) electrons. The molecule has 1 aliphatic rings. The Balaban J connectivity index is 1.79. The average molecular weight is 281 g/mol. The van der Waals surface area contributed by atoms with E-state index in [1.54, 1.807) is 0 Å². The van der Waals surface area contributed by atoms with Crippen molar-refractivity contribution >= 4 is 17.2 Å². The third kappa shape index (κ3) is 3.76. The Morgan fingerprint density at radius 2 is 2.26 bits per heavy atom. The molecule has 106 valence electrons. The number of piperidine rings is 1. The first kappa shape index (κ1) is 14.5. The molecule has 0 unspecified atom stereocenters. The minimum atomic E-state index is 0.0211. The summed E-state index contributed by atoms with van der Waals surface area (Å²) in [5.74, 6) is 0.0211. The van der Waals surface area contributed by atoms with E-state index in [1.165, 1.54) is 30.6 Å². The van der Waals surface area contributed by atoms with Gasteiger partial charge in [-0.15, -0.1) is 11.3 Å². The maximum absolute atomic E-state index is 12.0. The topological polar surface area (TPSA) is 45.2 Å². The van der Waals surface area contributed by atoms with E-state index in [4.69, 9.17) is 0 Å². The number of rotatable bonds is 4. The third-order valence-corrected chi connectivity index (χ3v) is 4.81. The van der Waals surface area contributed by atoms with E-state index in [9.17, 15) is 4.79 Å². The summed E-state index contributed by atoms with van der Waals surface area (Å²) in [6.07, 6.45) is 3.90. The second kappa shape index (κ2) is 6.48. The van der Waals surface area contributed by atoms with Crippen LogP contribution < -0.4 is 5.32 Å². The molecule has 2 rings (SSSR count). The van der Waals surface area contributed by atoms with Crippen LogP contribution in [0.25, 0.3) is 0 Å². The molecule has 0 aliphatic carbocycles. The molecule has 2 heterocycles. The molecule has 1 aromatic rings. The van der Waals surface area contributed by atoms with Crippen molar-refractivity contribution in [2.75, 3.05) is 19.6 Å². The molecule has 1 N–H and O–H groups in total. The summed E-state index contributed by atoms with van der Waals surface area (Å²) in [7, 11) is 0. The number of nitrogens with one attached hydrogen (secondary N) is 1. The lowest BCUT2D eigenvalue weighted by Crippen LogP contribution is -2.42. The number of hydrogen-bond donors (Lipinski definition) is 1. The smallest absolute Gasteiger partial charge is 0.263 e. The van der Waals surface area contributed by atoms with Crippen LogP contribution in [0.1, 0.15) is 46.6 Å². The van der Waals surface area contributed by atoms with E-state index in [1.807, 2.05) is 13.8 Å². The van der Waals surface area contributed by atoms with Gasteiger partial charge in [-0.25, -0.2) is 4.98 Å². The minimum Gasteiger partial charge on any atom is -0.350 e. The molecule has 1 amide bonds. The normalized spacial score (nSPS) is 20.5. The lowest BCUT2D eigenvalue weighted by Gasteiger charge is -2.33. The molecule has 0 bridgehead atoms. The number of aromatic nitrogens is 1. The SMILES string of the molecule is Cc1nc(C)c(C(=O)NCCN2CCCC[C@@H]2C)s1. The van der Waals surface area contributed by atoms with Gasteiger partial charge in [0.1, 0.15) is 4.88 Å². The molecule has 5 heteroatoms. The van der Waals surface area contributed by atoms with Gasteiger partial charge in [-0.2, -0.15) is 0 Å². The number of nitrogens with zero attached hydrogens (tertiary/aromatic N) is 2. The highest BCUT2D eigenvalue weighted by Gasteiger charge is 2.18. The third-order valence-electron chi connectivity index (χ3n) is 3.73. The number of aryl methyl sites for hydroxylation is 2. The van der Waals surface area contributed by atoms with Gasteiger partial charge in [0.05, 0.1) is 10.7 Å². The van der Waals surface area contributed by atoms with Gasteiger partial charge in [-0.1, -0.05) is 6.42 Å². The molecule has 4 nitrogen and oxygen atoms in total. The second-order valence-electron chi connectivity index (χ2n) is 5.28. The van der Waals surface area contributed by atoms with Crippen LogP contribution in [-0.2, 0) is 0 Å². The summed E-state index contributed by atoms with van der Waals surface area (Å²) in [5, 5.41) is 3.96. The largest absolute Gasteiger partial charge is 0.350 e. The van der Waals surface area contributed by atoms with Crippen molar-refractivity contribution in [3.63, 3.8) is 0 Å². The van der Waals surface area contributed by atoms with Crippen LogP contribution in [0, 0.1) is 13.8 Å². The molecule has 1 aromatic heterocycles. The fourth-order valence-corrected chi connectivity index (χ4v) is 3.46. The second-order valence-corrected chi connectivity index (χ2v) is 6.49. The Kier molecular flexibility index (Phi) is 4.93. The summed E-state index contributed by atoms with van der Waals surface area (Å²) in [6, 6.07) is 0.651. The predicted octanol–water partition coefficient (Wildman–Crippen LogP) is 2.36. The van der Waals surface area contributed by atoms with Crippen LogP contribution in [0.2, 0.25) is 0 Å². The van der Waals surface area contributed by atoms with Crippen molar-refractivity contribution in [1.29, 1.82) is 0 Å². The summed E-state index contributed by atoms with van der Waals surface area (Å²) in [5.41, 5.74) is 0.839. The lowest BCUT2D eigenvalue weighted by atomic mass is 10.0. The summed E-state index contributed by atoms with van der Waals surface area (Å²) in [4.78, 5) is 19.6. The average Bonchev–Trinajstić information content (AvgIpc) is 2.71. The number of amides is 1. The Morgan fingerprint density at radius 1 is 1.47 bits per heavy atom. The summed E-state index contributed by atoms with van der Waals surface area (Å²) in [6.45, 7) is 8.94. The van der Waals surface area contributed by atoms with Crippen molar-refractivity contribution in [3.05, 3.63) is 15.6 Å². The Hall–Kier alpha value is -0.940. The van der Waals surface area contributed by atoms with E-state index in [0.29, 0.717) is 6.04 Å². The van der Waals surface area contributed by atoms with Crippen LogP contribution in [0.5, 0.6) is 0 Å². The van der Waals surface area contributed by atoms with Gasteiger partial charge in [0, 0.05) is 19.1 Å². The quantitative estimate of drug-likeness (QED) is 0.921. The van der Waals surface area contributed by atoms with E-state index in [2.05, 4.69) is 22.1 Å². The fraction of sp³-hybridized carbons (Fsp3) is 0.714. The van der Waals surface area contributed by atoms with Crippen molar-refractivity contribution in [1.82, 2.24) is 15.2 Å². The zero-order valence-electron chi connectivity index (χ0n) is 12.0. The highest BCUT2D eigenvalue weighted by Crippen LogP contribution is 2.17. The zero-order valence-corrected chi connectivity index (χ0v) is 12.8. The van der Waals surface area contributed by atoms with Gasteiger partial charge in [0.2, 0.25) is 0 Å². The Bertz CT molecular complexity index is 444. The van der Waals surface area contributed by atoms with Crippen molar-refractivity contribution in [2.45, 2.75) is 46.1 Å². The molecular weight excluding hydrogens is 258 g/mol. The highest BCUT2D eigenvalue weighted by molar-refractivity contribution is 7.13. The van der Waals surface area contributed by atoms with Crippen molar-refractivity contribution in [2.24, 2.45) is 0 Å². The van der Waals surface area contributed by atoms with Crippen LogP contribution in [0.15, 0.2) is 0 Å². The van der Waals surface area contributed by atoms with Crippen LogP contribution in [0.3, 0.4) is 0 Å². The zero-order chi connectivity index (χ0) is 13.8. The molecule has 1 aliphatic heterocycles. The number of carbonyl (C=O) groups excluding carboxylic acids is 1. The first-order valence-corrected chi connectivity index (χ1v) is 7.86. The maximum atomic E-state index is 12.0. The number of carbonyl (C=O) groups is 1. The van der Waals surface area contributed by atoms with Gasteiger partial charge in [-0.3, -0.25) is 9.69 Å². The molecule has 1 atom stereocenters. The fourth-order valence-electron chi connectivity index (χ4n) is 2.63. The molecule has 1 saturated heterocycles. The standard InChI is InChI=1S/C14H23N3OS/c1-10-6-4-5-8-17(10)9-7-15-14(18)13-11(2)16-12(3)19-13/h10H,4-9H2,1-3H3,(H,15,18)/t10-/m0/s1. The van der Waals surface area contributed by atoms with Gasteiger partial charge in [0.25, 0.3) is 5.91 Å². The first-order chi connectivity index (χ1) is 9.08. The molecule has 0 aromatic carbocycles. The van der Waals surface area contributed by atoms with Gasteiger partial charge < -0.3 is 5.32 Å². The first-order valence-electron chi connectivity index (χ1n) is 7.04. The van der Waals surface area contributed by atoms with Crippen LogP contribution >= 0.6 is 11.3 Å². The number of likely N-dealkylation sites (tertiary alicyclic amines) is 1. The van der Waals surface area contributed by atoms with E-state index in [0.717, 1.165) is 35.2 Å². The van der Waals surface area contributed by atoms with Crippen LogP contribution in [0.4, 0.5) is 0 Å². The minimum absolute atomic E-state index is 0.0211. The molecule has 1 fully saturated rings. The Morgan fingerprint density at radius 3 is 2.89 bits per heavy atom. The molecule has 19 heavy (non-hydrogen) atoms. The van der Waals surface area contributed by atoms with Gasteiger partial charge >= 0.3 is 0 Å². The van der Waals surface area contributed by atoms with Gasteiger partial charge in [0.15, 0.2) is 0 Å². The highest BCUT2D eigenvalue weighted by atomic mass is 32.1. The van der Waals surface area contributed by atoms with Crippen molar-refractivity contribution < 1.29 is 4.79 Å².